The average Bonchev–Trinajstić information content (AvgIpc) is 3.55. The number of nitrogens with two attached hydrogens (primary N) is 2. The Labute approximate surface area is 395 Å². The second-order valence-corrected chi connectivity index (χ2v) is 24.7. The molecule has 6 N–H and O–H groups in total. The van der Waals surface area contributed by atoms with E-state index >= 15 is 0 Å². The third kappa shape index (κ3) is 6.12. The van der Waals surface area contributed by atoms with Gasteiger partial charge in [-0.05, 0) is 192 Å². The molecular formula is C61H64N2O4. The van der Waals surface area contributed by atoms with E-state index in [1.54, 1.807) is 24.3 Å². The highest BCUT2D eigenvalue weighted by Crippen LogP contribution is 2.73. The van der Waals surface area contributed by atoms with Gasteiger partial charge in [-0.2, -0.15) is 0 Å². The first kappa shape index (κ1) is 41.3. The largest absolute Gasteiger partial charge is 0.506 e. The third-order valence-corrected chi connectivity index (χ3v) is 18.6. The van der Waals surface area contributed by atoms with Crippen molar-refractivity contribution in [3.05, 3.63) is 155 Å². The minimum absolute atomic E-state index is 0.0297. The van der Waals surface area contributed by atoms with Gasteiger partial charge >= 0.3 is 0 Å². The van der Waals surface area contributed by atoms with Crippen molar-refractivity contribution in [1.82, 2.24) is 0 Å². The number of anilines is 2. The van der Waals surface area contributed by atoms with Gasteiger partial charge in [0.05, 0.1) is 16.8 Å². The zero-order chi connectivity index (χ0) is 45.9. The summed E-state index contributed by atoms with van der Waals surface area (Å²) >= 11 is 0. The molecule has 0 spiro atoms. The van der Waals surface area contributed by atoms with Crippen molar-refractivity contribution >= 4 is 11.4 Å². The Balaban J connectivity index is 1.07. The van der Waals surface area contributed by atoms with E-state index < -0.39 is 5.41 Å². The van der Waals surface area contributed by atoms with E-state index in [2.05, 4.69) is 113 Å². The molecule has 8 bridgehead atoms. The fraction of sp³-hybridized carbons (Fsp3) is 0.410. The molecule has 342 valence electrons. The summed E-state index contributed by atoms with van der Waals surface area (Å²) in [6.45, 7) is 10.2. The summed E-state index contributed by atoms with van der Waals surface area (Å²) in [6, 6.07) is 43.0. The molecule has 6 aromatic rings. The summed E-state index contributed by atoms with van der Waals surface area (Å²) in [5.41, 5.74) is 23.3. The molecule has 4 unspecified atom stereocenters. The minimum Gasteiger partial charge on any atom is -0.506 e. The number of hydrogen-bond donors (Lipinski definition) is 4. The van der Waals surface area contributed by atoms with Gasteiger partial charge in [-0.1, -0.05) is 88.4 Å². The zero-order valence-corrected chi connectivity index (χ0v) is 39.6. The Bertz CT molecular complexity index is 2820. The van der Waals surface area contributed by atoms with Crippen LogP contribution in [-0.4, -0.2) is 10.2 Å². The van der Waals surface area contributed by atoms with E-state index in [0.717, 1.165) is 50.0 Å². The Morgan fingerprint density at radius 3 is 1.19 bits per heavy atom. The van der Waals surface area contributed by atoms with E-state index in [-0.39, 0.29) is 44.0 Å². The molecule has 0 aliphatic heterocycles. The van der Waals surface area contributed by atoms with Crippen LogP contribution in [0.25, 0.3) is 11.1 Å². The average molecular weight is 889 g/mol. The van der Waals surface area contributed by atoms with Gasteiger partial charge in [0.1, 0.15) is 34.5 Å². The molecule has 9 aliphatic rings. The number of benzene rings is 6. The molecule has 4 atom stereocenters. The highest BCUT2D eigenvalue weighted by molar-refractivity contribution is 5.86. The first-order chi connectivity index (χ1) is 32.0. The lowest BCUT2D eigenvalue weighted by Crippen LogP contribution is -2.57. The van der Waals surface area contributed by atoms with Crippen LogP contribution in [0.3, 0.4) is 0 Å². The van der Waals surface area contributed by atoms with Gasteiger partial charge in [0, 0.05) is 34.1 Å². The van der Waals surface area contributed by atoms with Gasteiger partial charge in [-0.3, -0.25) is 0 Å². The van der Waals surface area contributed by atoms with E-state index in [1.165, 1.54) is 83.0 Å². The summed E-state index contributed by atoms with van der Waals surface area (Å²) in [4.78, 5) is 0. The summed E-state index contributed by atoms with van der Waals surface area (Å²) in [7, 11) is 0. The maximum atomic E-state index is 10.8. The van der Waals surface area contributed by atoms with E-state index in [0.29, 0.717) is 34.7 Å². The molecule has 8 saturated carbocycles. The molecule has 0 saturated heterocycles. The molecule has 0 aromatic heterocycles. The zero-order valence-electron chi connectivity index (χ0n) is 39.6. The molecule has 0 radical (unpaired) electrons. The number of phenolic OH excluding ortho intramolecular Hbond substituents is 2. The summed E-state index contributed by atoms with van der Waals surface area (Å²) in [6.07, 6.45) is 14.6. The van der Waals surface area contributed by atoms with Crippen molar-refractivity contribution in [2.75, 3.05) is 11.5 Å². The van der Waals surface area contributed by atoms with Crippen molar-refractivity contribution in [3.8, 4) is 45.6 Å². The summed E-state index contributed by atoms with van der Waals surface area (Å²) in [5.74, 6) is 4.30. The monoisotopic (exact) mass is 888 g/mol. The molecule has 6 nitrogen and oxygen atoms in total. The standard InChI is InChI=1S/C61H64N2O4/c1-55-25-37-26-56(2,31-55)34-59(29-37,33-55)47-21-39(13-19-53(47)66-41-15-17-49(62)51(64)23-41)61(45-11-7-5-9-43(45)44-10-6-8-12-46(44)61)40-14-20-54(67-42-16-18-50(63)52(65)24-42)48(22-40)60-30-38-27-57(3,35-60)32-58(4,28-38)36-60/h5-24,37-38,64-65H,25-36,62-63H2,1-4H3. The first-order valence-corrected chi connectivity index (χ1v) is 25.0. The lowest BCUT2D eigenvalue weighted by molar-refractivity contribution is -0.110. The van der Waals surface area contributed by atoms with Gasteiger partial charge in [0.15, 0.2) is 0 Å². The second-order valence-electron chi connectivity index (χ2n) is 24.7. The van der Waals surface area contributed by atoms with Crippen molar-refractivity contribution < 1.29 is 19.7 Å². The topological polar surface area (TPSA) is 111 Å². The number of ether oxygens (including phenoxy) is 2. The van der Waals surface area contributed by atoms with Crippen molar-refractivity contribution in [3.63, 3.8) is 0 Å². The van der Waals surface area contributed by atoms with Gasteiger partial charge in [0.25, 0.3) is 0 Å². The Kier molecular flexibility index (Phi) is 8.41. The predicted octanol–water partition coefficient (Wildman–Crippen LogP) is 14.7. The van der Waals surface area contributed by atoms with Gasteiger partial charge < -0.3 is 31.2 Å². The maximum absolute atomic E-state index is 10.8. The fourth-order valence-corrected chi connectivity index (χ4v) is 18.5. The molecule has 8 fully saturated rings. The normalized spacial score (nSPS) is 33.4. The van der Waals surface area contributed by atoms with Crippen LogP contribution in [-0.2, 0) is 16.2 Å². The van der Waals surface area contributed by atoms with Crippen molar-refractivity contribution in [1.29, 1.82) is 0 Å². The van der Waals surface area contributed by atoms with Crippen LogP contribution in [0.5, 0.6) is 34.5 Å². The Morgan fingerprint density at radius 1 is 0.433 bits per heavy atom. The fourth-order valence-electron chi connectivity index (χ4n) is 18.5. The van der Waals surface area contributed by atoms with Crippen LogP contribution in [0.4, 0.5) is 11.4 Å². The SMILES string of the molecule is CC12CC3CC(C)(C1)CC(c1cc(C4(c5ccc(Oc6ccc(N)c(O)c6)c(C67CC8CC(C)(CC(C)(C8)C6)C7)c5)c5ccccc5-c5ccccc54)ccc1Oc1ccc(N)c(O)c1)(C3)C2. The number of nitrogen functional groups attached to an aromatic ring is 2. The minimum atomic E-state index is -0.668. The first-order valence-electron chi connectivity index (χ1n) is 25.0. The van der Waals surface area contributed by atoms with Crippen LogP contribution in [0.15, 0.2) is 121 Å². The summed E-state index contributed by atoms with van der Waals surface area (Å²) < 4.78 is 14.0. The van der Waals surface area contributed by atoms with Gasteiger partial charge in [0.2, 0.25) is 0 Å². The molecule has 6 heteroatoms. The van der Waals surface area contributed by atoms with E-state index in [4.69, 9.17) is 20.9 Å². The van der Waals surface area contributed by atoms with Crippen molar-refractivity contribution in [2.24, 2.45) is 33.5 Å². The van der Waals surface area contributed by atoms with Crippen LogP contribution in [0.1, 0.15) is 138 Å². The molecule has 15 rings (SSSR count). The lowest BCUT2D eigenvalue weighted by atomic mass is 9.39. The van der Waals surface area contributed by atoms with Crippen LogP contribution < -0.4 is 20.9 Å². The Hall–Kier alpha value is -5.88. The molecule has 0 heterocycles. The van der Waals surface area contributed by atoms with Crippen LogP contribution in [0.2, 0.25) is 0 Å². The number of rotatable bonds is 8. The molecule has 9 aliphatic carbocycles. The second kappa shape index (κ2) is 13.6. The maximum Gasteiger partial charge on any atom is 0.142 e. The predicted molar refractivity (Wildman–Crippen MR) is 267 cm³/mol. The van der Waals surface area contributed by atoms with E-state index in [9.17, 15) is 10.2 Å². The van der Waals surface area contributed by atoms with E-state index in [1.807, 2.05) is 12.1 Å². The lowest BCUT2D eigenvalue weighted by Gasteiger charge is -2.65. The van der Waals surface area contributed by atoms with Gasteiger partial charge in [-0.15, -0.1) is 0 Å². The number of phenols is 2. The van der Waals surface area contributed by atoms with Crippen molar-refractivity contribution in [2.45, 2.75) is 121 Å². The van der Waals surface area contributed by atoms with Crippen LogP contribution >= 0.6 is 0 Å². The van der Waals surface area contributed by atoms with Gasteiger partial charge in [-0.25, -0.2) is 0 Å². The number of hydrogen-bond acceptors (Lipinski definition) is 6. The number of aromatic hydroxyl groups is 2. The molecular weight excluding hydrogens is 825 g/mol. The highest BCUT2D eigenvalue weighted by atomic mass is 16.5. The quantitative estimate of drug-likeness (QED) is 0.0893. The third-order valence-electron chi connectivity index (χ3n) is 18.6. The smallest absolute Gasteiger partial charge is 0.142 e. The van der Waals surface area contributed by atoms with Crippen LogP contribution in [0, 0.1) is 33.5 Å². The summed E-state index contributed by atoms with van der Waals surface area (Å²) in [5, 5.41) is 21.6. The molecule has 67 heavy (non-hydrogen) atoms. The number of fused-ring (bicyclic) bond motifs is 3. The molecule has 0 amide bonds. The molecule has 6 aromatic carbocycles. The Morgan fingerprint density at radius 2 is 0.821 bits per heavy atom. The highest BCUT2D eigenvalue weighted by Gasteiger charge is 2.63.